The highest BCUT2D eigenvalue weighted by atomic mass is 16.3. The van der Waals surface area contributed by atoms with E-state index in [0.29, 0.717) is 6.42 Å². The van der Waals surface area contributed by atoms with Crippen molar-refractivity contribution in [2.75, 3.05) is 6.61 Å². The van der Waals surface area contributed by atoms with Gasteiger partial charge in [-0.05, 0) is 12.3 Å². The summed E-state index contributed by atoms with van der Waals surface area (Å²) in [4.78, 5) is 0. The summed E-state index contributed by atoms with van der Waals surface area (Å²) in [6.07, 6.45) is 5.70. The van der Waals surface area contributed by atoms with E-state index in [2.05, 4.69) is 13.8 Å². The van der Waals surface area contributed by atoms with Gasteiger partial charge in [-0.25, -0.2) is 0 Å². The fraction of sp³-hybridized carbons (Fsp3) is 1.00. The van der Waals surface area contributed by atoms with Crippen LogP contribution in [0, 0.1) is 5.92 Å². The fourth-order valence-corrected chi connectivity index (χ4v) is 0.966. The molecule has 14 heavy (non-hydrogen) atoms. The highest BCUT2D eigenvalue weighted by molar-refractivity contribution is 4.57. The molecule has 0 amide bonds. The molecule has 1 unspecified atom stereocenters. The zero-order chi connectivity index (χ0) is 11.4. The van der Waals surface area contributed by atoms with E-state index < -0.39 is 0 Å². The van der Waals surface area contributed by atoms with Crippen LogP contribution in [-0.2, 0) is 0 Å². The Morgan fingerprint density at radius 3 is 1.57 bits per heavy atom. The molecule has 2 heteroatoms. The number of unbranched alkanes of at least 4 members (excludes halogenated alkanes) is 3. The van der Waals surface area contributed by atoms with Crippen LogP contribution in [0.3, 0.4) is 0 Å². The van der Waals surface area contributed by atoms with Crippen molar-refractivity contribution >= 4 is 0 Å². The lowest BCUT2D eigenvalue weighted by Gasteiger charge is -2.11. The van der Waals surface area contributed by atoms with E-state index in [9.17, 15) is 0 Å². The minimum absolute atomic E-state index is 0.0827. The molecule has 2 N–H and O–H groups in total. The number of aliphatic hydroxyl groups excluding tert-OH is 2. The summed E-state index contributed by atoms with van der Waals surface area (Å²) in [5.74, 6) is 0.266. The van der Waals surface area contributed by atoms with E-state index in [1.807, 2.05) is 13.8 Å². The van der Waals surface area contributed by atoms with Crippen molar-refractivity contribution in [1.29, 1.82) is 0 Å². The first-order valence-corrected chi connectivity index (χ1v) is 5.88. The SMILES string of the molecule is CC(C)C(O)CCO.CCCCCC. The topological polar surface area (TPSA) is 40.5 Å². The van der Waals surface area contributed by atoms with Gasteiger partial charge in [0.05, 0.1) is 6.10 Å². The van der Waals surface area contributed by atoms with Crippen LogP contribution in [-0.4, -0.2) is 22.9 Å². The third-order valence-corrected chi connectivity index (χ3v) is 2.15. The molecule has 0 saturated carbocycles. The molecule has 0 bridgehead atoms. The van der Waals surface area contributed by atoms with Crippen LogP contribution in [0.4, 0.5) is 0 Å². The van der Waals surface area contributed by atoms with Gasteiger partial charge >= 0.3 is 0 Å². The molecule has 2 nitrogen and oxygen atoms in total. The van der Waals surface area contributed by atoms with Crippen molar-refractivity contribution in [2.24, 2.45) is 5.92 Å². The third-order valence-electron chi connectivity index (χ3n) is 2.15. The van der Waals surface area contributed by atoms with Crippen LogP contribution in [0.25, 0.3) is 0 Å². The maximum absolute atomic E-state index is 8.97. The van der Waals surface area contributed by atoms with E-state index in [4.69, 9.17) is 10.2 Å². The maximum atomic E-state index is 8.97. The highest BCUT2D eigenvalue weighted by Gasteiger charge is 2.06. The Morgan fingerprint density at radius 1 is 1.00 bits per heavy atom. The summed E-state index contributed by atoms with van der Waals surface area (Å²) in [7, 11) is 0. The van der Waals surface area contributed by atoms with Gasteiger partial charge in [0, 0.05) is 6.61 Å². The standard InChI is InChI=1S/C6H14O2.C6H14/c1-5(2)6(8)3-4-7;1-3-5-6-4-2/h5-8H,3-4H2,1-2H3;3-6H2,1-2H3. The lowest BCUT2D eigenvalue weighted by atomic mass is 10.1. The van der Waals surface area contributed by atoms with Crippen LogP contribution < -0.4 is 0 Å². The predicted molar refractivity (Wildman–Crippen MR) is 62.4 cm³/mol. The first kappa shape index (κ1) is 16.4. The van der Waals surface area contributed by atoms with Gasteiger partial charge in [-0.15, -0.1) is 0 Å². The quantitative estimate of drug-likeness (QED) is 0.653. The van der Waals surface area contributed by atoms with Gasteiger partial charge in [0.25, 0.3) is 0 Å². The van der Waals surface area contributed by atoms with Crippen molar-refractivity contribution in [2.45, 2.75) is 65.9 Å². The van der Waals surface area contributed by atoms with Gasteiger partial charge in [-0.3, -0.25) is 0 Å². The lowest BCUT2D eigenvalue weighted by Crippen LogP contribution is -2.15. The van der Waals surface area contributed by atoms with E-state index in [0.717, 1.165) is 0 Å². The van der Waals surface area contributed by atoms with Gasteiger partial charge in [-0.2, -0.15) is 0 Å². The Balaban J connectivity index is 0. The molecule has 0 aliphatic rings. The Labute approximate surface area is 89.3 Å². The highest BCUT2D eigenvalue weighted by Crippen LogP contribution is 2.03. The van der Waals surface area contributed by atoms with Crippen molar-refractivity contribution in [1.82, 2.24) is 0 Å². The second-order valence-corrected chi connectivity index (χ2v) is 4.03. The van der Waals surface area contributed by atoms with Crippen molar-refractivity contribution in [3.63, 3.8) is 0 Å². The largest absolute Gasteiger partial charge is 0.396 e. The molecule has 88 valence electrons. The van der Waals surface area contributed by atoms with Crippen LogP contribution in [0.15, 0.2) is 0 Å². The molecule has 0 fully saturated rings. The molecule has 0 aliphatic heterocycles. The molecule has 0 aromatic heterocycles. The number of rotatable bonds is 6. The zero-order valence-electron chi connectivity index (χ0n) is 10.3. The molecule has 0 rings (SSSR count). The lowest BCUT2D eigenvalue weighted by molar-refractivity contribution is 0.0931. The average molecular weight is 204 g/mol. The first-order chi connectivity index (χ1) is 6.59. The Morgan fingerprint density at radius 2 is 1.43 bits per heavy atom. The third kappa shape index (κ3) is 14.4. The number of hydrogen-bond acceptors (Lipinski definition) is 2. The molecule has 0 aromatic rings. The van der Waals surface area contributed by atoms with E-state index >= 15 is 0 Å². The normalized spacial score (nSPS) is 12.2. The number of hydrogen-bond donors (Lipinski definition) is 2. The minimum atomic E-state index is -0.333. The maximum Gasteiger partial charge on any atom is 0.0585 e. The molecular weight excluding hydrogens is 176 g/mol. The van der Waals surface area contributed by atoms with Crippen LogP contribution in [0.5, 0.6) is 0 Å². The van der Waals surface area contributed by atoms with Gasteiger partial charge in [0.2, 0.25) is 0 Å². The van der Waals surface area contributed by atoms with Gasteiger partial charge in [-0.1, -0.05) is 53.4 Å². The summed E-state index contributed by atoms with van der Waals surface area (Å²) in [5, 5.41) is 17.3. The van der Waals surface area contributed by atoms with E-state index in [1.54, 1.807) is 0 Å². The summed E-state index contributed by atoms with van der Waals surface area (Å²) >= 11 is 0. The summed E-state index contributed by atoms with van der Waals surface area (Å²) < 4.78 is 0. The van der Waals surface area contributed by atoms with Crippen LogP contribution >= 0.6 is 0 Å². The van der Waals surface area contributed by atoms with Crippen LogP contribution in [0.1, 0.15) is 59.8 Å². The molecule has 0 aromatic carbocycles. The number of aliphatic hydroxyl groups is 2. The first-order valence-electron chi connectivity index (χ1n) is 5.88. The Hall–Kier alpha value is -0.0800. The molecule has 0 heterocycles. The molecule has 0 spiro atoms. The minimum Gasteiger partial charge on any atom is -0.396 e. The van der Waals surface area contributed by atoms with Gasteiger partial charge in [0.1, 0.15) is 0 Å². The molecular formula is C12H28O2. The van der Waals surface area contributed by atoms with Crippen molar-refractivity contribution in [3.8, 4) is 0 Å². The Kier molecular flexibility index (Phi) is 15.1. The molecule has 0 saturated heterocycles. The van der Waals surface area contributed by atoms with Gasteiger partial charge < -0.3 is 10.2 Å². The summed E-state index contributed by atoms with van der Waals surface area (Å²) in [6, 6.07) is 0. The van der Waals surface area contributed by atoms with Crippen LogP contribution in [0.2, 0.25) is 0 Å². The summed E-state index contributed by atoms with van der Waals surface area (Å²) in [6.45, 7) is 8.41. The second kappa shape index (κ2) is 12.9. The molecule has 0 radical (unpaired) electrons. The predicted octanol–water partition coefficient (Wildman–Crippen LogP) is 2.97. The monoisotopic (exact) mass is 204 g/mol. The fourth-order valence-electron chi connectivity index (χ4n) is 0.966. The Bertz CT molecular complexity index is 88.3. The molecule has 1 atom stereocenters. The van der Waals surface area contributed by atoms with Crippen molar-refractivity contribution < 1.29 is 10.2 Å². The summed E-state index contributed by atoms with van der Waals surface area (Å²) in [5.41, 5.74) is 0. The second-order valence-electron chi connectivity index (χ2n) is 4.03. The smallest absolute Gasteiger partial charge is 0.0585 e. The zero-order valence-corrected chi connectivity index (χ0v) is 10.3. The van der Waals surface area contributed by atoms with Gasteiger partial charge in [0.15, 0.2) is 0 Å². The molecule has 0 aliphatic carbocycles. The van der Waals surface area contributed by atoms with Crippen molar-refractivity contribution in [3.05, 3.63) is 0 Å². The average Bonchev–Trinajstić information content (AvgIpc) is 2.16. The van der Waals surface area contributed by atoms with E-state index in [-0.39, 0.29) is 18.6 Å². The van der Waals surface area contributed by atoms with E-state index in [1.165, 1.54) is 25.7 Å².